The van der Waals surface area contributed by atoms with Crippen LogP contribution in [0.1, 0.15) is 35.4 Å². The van der Waals surface area contributed by atoms with Crippen LogP contribution in [0, 0.1) is 12.7 Å². The maximum atomic E-state index is 13.3. The highest BCUT2D eigenvalue weighted by atomic mass is 19.1. The van der Waals surface area contributed by atoms with Crippen molar-refractivity contribution in [2.75, 3.05) is 0 Å². The van der Waals surface area contributed by atoms with Crippen molar-refractivity contribution >= 4 is 0 Å². The van der Waals surface area contributed by atoms with Gasteiger partial charge >= 0.3 is 0 Å². The maximum Gasteiger partial charge on any atom is 0.130 e. The van der Waals surface area contributed by atoms with Gasteiger partial charge in [-0.25, -0.2) is 4.39 Å². The van der Waals surface area contributed by atoms with Crippen LogP contribution in [0.25, 0.3) is 0 Å². The van der Waals surface area contributed by atoms with Crippen LogP contribution in [0.3, 0.4) is 0 Å². The van der Waals surface area contributed by atoms with Gasteiger partial charge in [0, 0.05) is 36.4 Å². The van der Waals surface area contributed by atoms with Crippen molar-refractivity contribution in [3.05, 3.63) is 47.0 Å². The quantitative estimate of drug-likeness (QED) is 0.858. The molecule has 0 saturated heterocycles. The van der Waals surface area contributed by atoms with Crippen molar-refractivity contribution in [2.45, 2.75) is 25.6 Å². The lowest BCUT2D eigenvalue weighted by molar-refractivity contribution is 0.0650. The first-order valence-electron chi connectivity index (χ1n) is 6.19. The van der Waals surface area contributed by atoms with E-state index >= 15 is 0 Å². The fraction of sp³-hybridized carbons (Fsp3) is 0.357. The Morgan fingerprint density at radius 1 is 1.42 bits per heavy atom. The Kier molecular flexibility index (Phi) is 2.78. The zero-order chi connectivity index (χ0) is 13.6. The zero-order valence-corrected chi connectivity index (χ0v) is 10.8. The second-order valence-electron chi connectivity index (χ2n) is 4.85. The first-order valence-corrected chi connectivity index (χ1v) is 6.19. The van der Waals surface area contributed by atoms with Gasteiger partial charge in [0.05, 0.1) is 12.3 Å². The van der Waals surface area contributed by atoms with Crippen LogP contribution in [0.4, 0.5) is 4.39 Å². The molecule has 4 nitrogen and oxygen atoms in total. The molecule has 3 rings (SSSR count). The molecule has 0 amide bonds. The summed E-state index contributed by atoms with van der Waals surface area (Å²) in [7, 11) is 1.85. The molecule has 0 aliphatic carbocycles. The average molecular weight is 262 g/mol. The van der Waals surface area contributed by atoms with E-state index in [1.54, 1.807) is 16.9 Å². The standard InChI is InChI=1S/C14H15FN2O2/c1-8-11(7-16-17(8)2)14-6-12(18)10-4-3-9(15)5-13(10)19-14/h3-5,7,12,14,18H,6H2,1-2H3. The molecule has 2 heterocycles. The third kappa shape index (κ3) is 2.00. The fourth-order valence-electron chi connectivity index (χ4n) is 2.44. The topological polar surface area (TPSA) is 47.3 Å². The zero-order valence-electron chi connectivity index (χ0n) is 10.8. The van der Waals surface area contributed by atoms with E-state index in [-0.39, 0.29) is 11.9 Å². The highest BCUT2D eigenvalue weighted by molar-refractivity contribution is 5.39. The van der Waals surface area contributed by atoms with E-state index in [0.717, 1.165) is 11.3 Å². The minimum atomic E-state index is -0.644. The molecule has 1 aromatic heterocycles. The average Bonchev–Trinajstić information content (AvgIpc) is 2.69. The van der Waals surface area contributed by atoms with E-state index in [1.165, 1.54) is 12.1 Å². The normalized spacial score (nSPS) is 21.9. The summed E-state index contributed by atoms with van der Waals surface area (Å²) in [6.45, 7) is 1.94. The van der Waals surface area contributed by atoms with Crippen molar-refractivity contribution in [3.63, 3.8) is 0 Å². The molecule has 0 spiro atoms. The Hall–Kier alpha value is -1.88. The van der Waals surface area contributed by atoms with Gasteiger partial charge in [0.2, 0.25) is 0 Å². The molecule has 2 aromatic rings. The second-order valence-corrected chi connectivity index (χ2v) is 4.85. The molecule has 0 radical (unpaired) electrons. The van der Waals surface area contributed by atoms with Crippen molar-refractivity contribution in [1.82, 2.24) is 9.78 Å². The molecule has 0 bridgehead atoms. The third-order valence-electron chi connectivity index (χ3n) is 3.66. The molecule has 0 saturated carbocycles. The molecule has 1 aromatic carbocycles. The largest absolute Gasteiger partial charge is 0.485 e. The van der Waals surface area contributed by atoms with E-state index in [9.17, 15) is 9.50 Å². The predicted octanol–water partition coefficient (Wildman–Crippen LogP) is 2.42. The Morgan fingerprint density at radius 2 is 2.21 bits per heavy atom. The molecule has 1 N–H and O–H groups in total. The Balaban J connectivity index is 1.98. The van der Waals surface area contributed by atoms with Gasteiger partial charge < -0.3 is 9.84 Å². The van der Waals surface area contributed by atoms with E-state index in [4.69, 9.17) is 4.74 Å². The summed E-state index contributed by atoms with van der Waals surface area (Å²) in [4.78, 5) is 0. The van der Waals surface area contributed by atoms with Crippen molar-refractivity contribution in [2.24, 2.45) is 7.05 Å². The minimum Gasteiger partial charge on any atom is -0.485 e. The number of rotatable bonds is 1. The molecule has 2 unspecified atom stereocenters. The monoisotopic (exact) mass is 262 g/mol. The van der Waals surface area contributed by atoms with Crippen LogP contribution in [-0.2, 0) is 7.05 Å². The molecule has 0 fully saturated rings. The summed E-state index contributed by atoms with van der Waals surface area (Å²) in [5, 5.41) is 14.3. The number of aliphatic hydroxyl groups excluding tert-OH is 1. The van der Waals surface area contributed by atoms with Crippen LogP contribution in [-0.4, -0.2) is 14.9 Å². The molecule has 1 aliphatic heterocycles. The van der Waals surface area contributed by atoms with Gasteiger partial charge in [-0.15, -0.1) is 0 Å². The number of aryl methyl sites for hydroxylation is 1. The van der Waals surface area contributed by atoms with Gasteiger partial charge in [0.15, 0.2) is 0 Å². The predicted molar refractivity (Wildman–Crippen MR) is 67.3 cm³/mol. The molecular formula is C14H15FN2O2. The number of ether oxygens (including phenoxy) is 1. The Labute approximate surface area is 110 Å². The highest BCUT2D eigenvalue weighted by Crippen LogP contribution is 2.41. The smallest absolute Gasteiger partial charge is 0.130 e. The lowest BCUT2D eigenvalue weighted by Gasteiger charge is -2.29. The van der Waals surface area contributed by atoms with Gasteiger partial charge in [0.25, 0.3) is 0 Å². The van der Waals surface area contributed by atoms with Gasteiger partial charge in [-0.3, -0.25) is 4.68 Å². The summed E-state index contributed by atoms with van der Waals surface area (Å²) < 4.78 is 20.8. The first kappa shape index (κ1) is 12.2. The first-order chi connectivity index (χ1) is 9.06. The summed E-state index contributed by atoms with van der Waals surface area (Å²) in [6, 6.07) is 4.22. The molecule has 1 aliphatic rings. The van der Waals surface area contributed by atoms with Gasteiger partial charge in [-0.2, -0.15) is 5.10 Å². The van der Waals surface area contributed by atoms with Crippen LogP contribution in [0.2, 0.25) is 0 Å². The minimum absolute atomic E-state index is 0.294. The van der Waals surface area contributed by atoms with Gasteiger partial charge in [-0.05, 0) is 19.1 Å². The maximum absolute atomic E-state index is 13.3. The summed E-state index contributed by atoms with van der Waals surface area (Å²) >= 11 is 0. The van der Waals surface area contributed by atoms with Crippen LogP contribution in [0.15, 0.2) is 24.4 Å². The number of fused-ring (bicyclic) bond motifs is 1. The number of benzene rings is 1. The number of hydrogen-bond acceptors (Lipinski definition) is 3. The van der Waals surface area contributed by atoms with Crippen LogP contribution >= 0.6 is 0 Å². The number of aliphatic hydroxyl groups is 1. The Morgan fingerprint density at radius 3 is 2.89 bits per heavy atom. The van der Waals surface area contributed by atoms with E-state index in [0.29, 0.717) is 17.7 Å². The highest BCUT2D eigenvalue weighted by Gasteiger charge is 2.30. The van der Waals surface area contributed by atoms with E-state index in [1.807, 2.05) is 14.0 Å². The molecule has 5 heteroatoms. The number of hydrogen-bond donors (Lipinski definition) is 1. The van der Waals surface area contributed by atoms with Crippen molar-refractivity contribution < 1.29 is 14.2 Å². The van der Waals surface area contributed by atoms with Crippen molar-refractivity contribution in [3.8, 4) is 5.75 Å². The van der Waals surface area contributed by atoms with Crippen LogP contribution in [0.5, 0.6) is 5.75 Å². The third-order valence-corrected chi connectivity index (χ3v) is 3.66. The molecule has 100 valence electrons. The molecule has 2 atom stereocenters. The summed E-state index contributed by atoms with van der Waals surface area (Å²) in [5.74, 6) is 0.0431. The Bertz CT molecular complexity index is 624. The fourth-order valence-corrected chi connectivity index (χ4v) is 2.44. The lowest BCUT2D eigenvalue weighted by atomic mass is 9.95. The van der Waals surface area contributed by atoms with Crippen molar-refractivity contribution in [1.29, 1.82) is 0 Å². The number of nitrogens with zero attached hydrogens (tertiary/aromatic N) is 2. The lowest BCUT2D eigenvalue weighted by Crippen LogP contribution is -2.19. The second kappa shape index (κ2) is 4.35. The number of aromatic nitrogens is 2. The number of halogens is 1. The van der Waals surface area contributed by atoms with E-state index in [2.05, 4.69) is 5.10 Å². The van der Waals surface area contributed by atoms with Crippen LogP contribution < -0.4 is 4.74 Å². The summed E-state index contributed by atoms with van der Waals surface area (Å²) in [5.41, 5.74) is 2.55. The van der Waals surface area contributed by atoms with Gasteiger partial charge in [0.1, 0.15) is 17.7 Å². The van der Waals surface area contributed by atoms with E-state index < -0.39 is 6.10 Å². The molecule has 19 heavy (non-hydrogen) atoms. The summed E-state index contributed by atoms with van der Waals surface area (Å²) in [6.07, 6.45) is 1.24. The molecular weight excluding hydrogens is 247 g/mol. The van der Waals surface area contributed by atoms with Gasteiger partial charge in [-0.1, -0.05) is 0 Å². The SMILES string of the molecule is Cc1c(C2CC(O)c3ccc(F)cc3O2)cnn1C.